The molecule has 0 N–H and O–H groups in total. The Morgan fingerprint density at radius 2 is 1.95 bits per heavy atom. The van der Waals surface area contributed by atoms with E-state index in [1.165, 1.54) is 0 Å². The van der Waals surface area contributed by atoms with Crippen molar-refractivity contribution in [2.75, 3.05) is 0 Å². The van der Waals surface area contributed by atoms with Gasteiger partial charge in [0.05, 0.1) is 5.56 Å². The van der Waals surface area contributed by atoms with Crippen molar-refractivity contribution in [2.24, 2.45) is 0 Å². The quantitative estimate of drug-likeness (QED) is 0.334. The van der Waals surface area contributed by atoms with E-state index in [0.717, 1.165) is 11.6 Å². The molecule has 0 saturated carbocycles. The van der Waals surface area contributed by atoms with Crippen molar-refractivity contribution in [3.63, 3.8) is 0 Å². The minimum absolute atomic E-state index is 0.369. The molecular weight excluding hydrogens is 284 g/mol. The first-order valence-electron chi connectivity index (χ1n) is 7.04. The SMILES string of the molecule is C=CC(=O)OC(C)CC(C)(C)OOC(=O)c1ccccc1C. The van der Waals surface area contributed by atoms with Crippen molar-refractivity contribution in [1.82, 2.24) is 0 Å². The van der Waals surface area contributed by atoms with Gasteiger partial charge >= 0.3 is 11.9 Å². The van der Waals surface area contributed by atoms with E-state index in [2.05, 4.69) is 6.58 Å². The van der Waals surface area contributed by atoms with Crippen LogP contribution in [-0.2, 0) is 19.3 Å². The van der Waals surface area contributed by atoms with Crippen molar-refractivity contribution < 1.29 is 24.1 Å². The number of esters is 1. The first kappa shape index (κ1) is 17.9. The largest absolute Gasteiger partial charge is 0.459 e. The molecule has 1 rings (SSSR count). The van der Waals surface area contributed by atoms with Crippen LogP contribution in [0.15, 0.2) is 36.9 Å². The van der Waals surface area contributed by atoms with E-state index in [9.17, 15) is 9.59 Å². The van der Waals surface area contributed by atoms with Gasteiger partial charge in [0.2, 0.25) is 0 Å². The lowest BCUT2D eigenvalue weighted by Crippen LogP contribution is -2.32. The highest BCUT2D eigenvalue weighted by molar-refractivity contribution is 5.90. The van der Waals surface area contributed by atoms with E-state index in [-0.39, 0.29) is 0 Å². The van der Waals surface area contributed by atoms with Crippen LogP contribution in [0.5, 0.6) is 0 Å². The van der Waals surface area contributed by atoms with Gasteiger partial charge in [-0.3, -0.25) is 4.89 Å². The summed E-state index contributed by atoms with van der Waals surface area (Å²) < 4.78 is 5.07. The van der Waals surface area contributed by atoms with Gasteiger partial charge in [-0.15, -0.1) is 0 Å². The number of ether oxygens (including phenoxy) is 1. The van der Waals surface area contributed by atoms with Crippen LogP contribution in [-0.4, -0.2) is 23.6 Å². The number of aryl methyl sites for hydroxylation is 1. The van der Waals surface area contributed by atoms with Crippen LogP contribution in [0, 0.1) is 6.92 Å². The number of benzene rings is 1. The van der Waals surface area contributed by atoms with E-state index < -0.39 is 23.6 Å². The van der Waals surface area contributed by atoms with Gasteiger partial charge < -0.3 is 4.74 Å². The third-order valence-corrected chi connectivity index (χ3v) is 2.97. The summed E-state index contributed by atoms with van der Waals surface area (Å²) in [5.74, 6) is -1.05. The summed E-state index contributed by atoms with van der Waals surface area (Å²) in [6, 6.07) is 7.08. The maximum atomic E-state index is 12.0. The number of rotatable bonds is 7. The molecule has 5 heteroatoms. The summed E-state index contributed by atoms with van der Waals surface area (Å²) in [7, 11) is 0. The van der Waals surface area contributed by atoms with E-state index >= 15 is 0 Å². The van der Waals surface area contributed by atoms with Gasteiger partial charge in [-0.05, 0) is 39.3 Å². The van der Waals surface area contributed by atoms with E-state index in [1.807, 2.05) is 19.1 Å². The molecule has 1 aromatic rings. The number of hydrogen-bond acceptors (Lipinski definition) is 5. The lowest BCUT2D eigenvalue weighted by atomic mass is 10.0. The summed E-state index contributed by atoms with van der Waals surface area (Å²) in [6.45, 7) is 10.4. The Bertz CT molecular complexity index is 548. The van der Waals surface area contributed by atoms with Gasteiger partial charge in [-0.1, -0.05) is 24.8 Å². The summed E-state index contributed by atoms with van der Waals surface area (Å²) in [5, 5.41) is 0. The Kier molecular flexibility index (Phi) is 6.31. The molecule has 120 valence electrons. The Morgan fingerprint density at radius 3 is 2.55 bits per heavy atom. The fourth-order valence-electron chi connectivity index (χ4n) is 2.01. The fraction of sp³-hybridized carbons (Fsp3) is 0.412. The van der Waals surface area contributed by atoms with E-state index in [4.69, 9.17) is 14.5 Å². The second-order valence-electron chi connectivity index (χ2n) is 5.68. The molecule has 5 nitrogen and oxygen atoms in total. The van der Waals surface area contributed by atoms with E-state index in [1.54, 1.807) is 32.9 Å². The zero-order chi connectivity index (χ0) is 16.8. The van der Waals surface area contributed by atoms with Gasteiger partial charge in [0.15, 0.2) is 0 Å². The van der Waals surface area contributed by atoms with Crippen LogP contribution in [0.2, 0.25) is 0 Å². The first-order valence-corrected chi connectivity index (χ1v) is 7.04. The maximum Gasteiger partial charge on any atom is 0.373 e. The zero-order valence-electron chi connectivity index (χ0n) is 13.4. The van der Waals surface area contributed by atoms with Crippen molar-refractivity contribution in [2.45, 2.75) is 45.8 Å². The monoisotopic (exact) mass is 306 g/mol. The predicted octanol–water partition coefficient (Wildman–Crippen LogP) is 3.37. The van der Waals surface area contributed by atoms with E-state index in [0.29, 0.717) is 12.0 Å². The van der Waals surface area contributed by atoms with Crippen molar-refractivity contribution in [1.29, 1.82) is 0 Å². The van der Waals surface area contributed by atoms with Crippen molar-refractivity contribution in [3.05, 3.63) is 48.0 Å². The molecule has 0 bridgehead atoms. The maximum absolute atomic E-state index is 12.0. The van der Waals surface area contributed by atoms with Gasteiger partial charge in [0.1, 0.15) is 11.7 Å². The Hall–Kier alpha value is -2.14. The second kappa shape index (κ2) is 7.75. The summed E-state index contributed by atoms with van der Waals surface area (Å²) in [6.07, 6.45) is 1.08. The third kappa shape index (κ3) is 5.69. The number of carbonyl (C=O) groups excluding carboxylic acids is 2. The molecule has 0 heterocycles. The highest BCUT2D eigenvalue weighted by Gasteiger charge is 2.27. The molecule has 0 spiro atoms. The highest BCUT2D eigenvalue weighted by Crippen LogP contribution is 2.20. The average molecular weight is 306 g/mol. The Labute approximate surface area is 130 Å². The zero-order valence-corrected chi connectivity index (χ0v) is 13.4. The molecule has 0 aliphatic rings. The van der Waals surface area contributed by atoms with Crippen LogP contribution >= 0.6 is 0 Å². The van der Waals surface area contributed by atoms with Gasteiger partial charge in [-0.25, -0.2) is 9.59 Å². The molecule has 0 aliphatic carbocycles. The molecule has 0 radical (unpaired) electrons. The van der Waals surface area contributed by atoms with Crippen LogP contribution < -0.4 is 0 Å². The molecule has 0 amide bonds. The second-order valence-corrected chi connectivity index (χ2v) is 5.68. The molecular formula is C17H22O5. The molecule has 22 heavy (non-hydrogen) atoms. The highest BCUT2D eigenvalue weighted by atomic mass is 17.2. The van der Waals surface area contributed by atoms with Crippen molar-refractivity contribution >= 4 is 11.9 Å². The van der Waals surface area contributed by atoms with Gasteiger partial charge in [-0.2, -0.15) is 4.89 Å². The number of carbonyl (C=O) groups is 2. The Balaban J connectivity index is 2.54. The average Bonchev–Trinajstić information content (AvgIpc) is 2.44. The molecule has 1 unspecified atom stereocenters. The predicted molar refractivity (Wildman–Crippen MR) is 82.1 cm³/mol. The summed E-state index contributed by atoms with van der Waals surface area (Å²) >= 11 is 0. The minimum atomic E-state index is -0.792. The standard InChI is InChI=1S/C17H22O5/c1-6-15(18)20-13(3)11-17(4,5)22-21-16(19)14-10-8-7-9-12(14)2/h6-10,13H,1,11H2,2-5H3. The molecule has 1 aromatic carbocycles. The van der Waals surface area contributed by atoms with Gasteiger partial charge in [0.25, 0.3) is 0 Å². The van der Waals surface area contributed by atoms with Crippen LogP contribution in [0.4, 0.5) is 0 Å². The van der Waals surface area contributed by atoms with Gasteiger partial charge in [0, 0.05) is 12.5 Å². The molecule has 1 atom stereocenters. The van der Waals surface area contributed by atoms with Crippen LogP contribution in [0.1, 0.15) is 43.1 Å². The fourth-order valence-corrected chi connectivity index (χ4v) is 2.01. The van der Waals surface area contributed by atoms with Crippen molar-refractivity contribution in [3.8, 4) is 0 Å². The lowest BCUT2D eigenvalue weighted by Gasteiger charge is -2.25. The third-order valence-electron chi connectivity index (χ3n) is 2.97. The minimum Gasteiger partial charge on any atom is -0.459 e. The smallest absolute Gasteiger partial charge is 0.373 e. The Morgan fingerprint density at radius 1 is 1.32 bits per heavy atom. The lowest BCUT2D eigenvalue weighted by molar-refractivity contribution is -0.311. The first-order chi connectivity index (χ1) is 10.2. The molecule has 0 aromatic heterocycles. The molecule has 0 saturated heterocycles. The summed E-state index contributed by atoms with van der Waals surface area (Å²) in [5.41, 5.74) is 0.464. The molecule has 0 aliphatic heterocycles. The van der Waals surface area contributed by atoms with Crippen LogP contribution in [0.25, 0.3) is 0 Å². The topological polar surface area (TPSA) is 61.8 Å². The summed E-state index contributed by atoms with van der Waals surface area (Å²) in [4.78, 5) is 33.2. The van der Waals surface area contributed by atoms with Crippen LogP contribution in [0.3, 0.4) is 0 Å². The molecule has 0 fully saturated rings. The number of hydrogen-bond donors (Lipinski definition) is 0. The normalized spacial score (nSPS) is 12.4.